The minimum atomic E-state index is -0.523. The molecule has 2 saturated carbocycles. The second-order valence-corrected chi connectivity index (χ2v) is 12.7. The van der Waals surface area contributed by atoms with Crippen molar-refractivity contribution in [1.29, 1.82) is 0 Å². The van der Waals surface area contributed by atoms with E-state index < -0.39 is 16.8 Å². The number of amides is 2. The average molecular weight is 582 g/mol. The number of thiazole rings is 1. The SMILES string of the molecule is COc1cc([C@@H]2c3sc(=O)[nH]c3S[C@@H]3[C@@H]4C[C@@H]([C@@H]5C(=O)N(c6ccc([N+](=O)[O-])cc6)C(=O)[C@@H]45)[C@@H]23)cc(OC)c1O. The van der Waals surface area contributed by atoms with Crippen LogP contribution in [0.4, 0.5) is 11.4 Å². The molecule has 2 N–H and O–H groups in total. The van der Waals surface area contributed by atoms with E-state index in [0.717, 1.165) is 26.8 Å². The third kappa shape index (κ3) is 3.33. The number of nitrogens with zero attached hydrogens (tertiary/aromatic N) is 2. The van der Waals surface area contributed by atoms with Gasteiger partial charge in [-0.1, -0.05) is 11.3 Å². The zero-order valence-corrected chi connectivity index (χ0v) is 22.9. The van der Waals surface area contributed by atoms with Crippen molar-refractivity contribution >= 4 is 46.3 Å². The summed E-state index contributed by atoms with van der Waals surface area (Å²) >= 11 is 2.71. The Morgan fingerprint density at radius 2 is 1.65 bits per heavy atom. The van der Waals surface area contributed by atoms with Crippen LogP contribution in [0, 0.1) is 39.7 Å². The van der Waals surface area contributed by atoms with E-state index in [9.17, 15) is 29.6 Å². The second-order valence-electron chi connectivity index (χ2n) is 10.5. The van der Waals surface area contributed by atoms with Crippen LogP contribution in [-0.2, 0) is 9.59 Å². The zero-order chi connectivity index (χ0) is 28.0. The largest absolute Gasteiger partial charge is 0.502 e. The van der Waals surface area contributed by atoms with Gasteiger partial charge in [0.25, 0.3) is 5.69 Å². The number of phenolic OH excluding ortho intramolecular Hbond substituents is 1. The van der Waals surface area contributed by atoms with Crippen LogP contribution in [0.1, 0.15) is 22.8 Å². The van der Waals surface area contributed by atoms with Crippen molar-refractivity contribution in [2.75, 3.05) is 19.1 Å². The number of carbonyl (C=O) groups excluding carboxylic acids is 2. The predicted molar refractivity (Wildman–Crippen MR) is 145 cm³/mol. The summed E-state index contributed by atoms with van der Waals surface area (Å²) in [5.41, 5.74) is 1.01. The topological polar surface area (TPSA) is 152 Å². The standard InChI is InChI=1S/C27H23N3O8S2/c1-37-15-7-10(8-16(38-2)21(15)31)17-18-13-9-14(22(18)39-24-23(17)40-27(34)28-24)20-19(13)25(32)29(26(20)33)11-3-5-12(6-4-11)30(35)36/h3-8,13-14,17-20,22,31H,9H2,1-2H3,(H,28,34)/t13-,14-,17+,18+,19+,20+,22-/m1/s1. The molecular formula is C27H23N3O8S2. The van der Waals surface area contributed by atoms with E-state index in [0.29, 0.717) is 12.1 Å². The molecule has 2 amide bonds. The zero-order valence-electron chi connectivity index (χ0n) is 21.2. The van der Waals surface area contributed by atoms with Gasteiger partial charge in [-0.3, -0.25) is 29.4 Å². The number of anilines is 1. The molecule has 7 atom stereocenters. The maximum atomic E-state index is 13.9. The lowest BCUT2D eigenvalue weighted by molar-refractivity contribution is -0.384. The Kier molecular flexibility index (Phi) is 5.55. The van der Waals surface area contributed by atoms with Crippen LogP contribution in [-0.4, -0.2) is 46.3 Å². The van der Waals surface area contributed by atoms with Crippen molar-refractivity contribution in [2.24, 2.45) is 29.6 Å². The van der Waals surface area contributed by atoms with Gasteiger partial charge in [0.1, 0.15) is 0 Å². The van der Waals surface area contributed by atoms with Gasteiger partial charge in [-0.05, 0) is 54.0 Å². The number of nitrogens with one attached hydrogen (secondary N) is 1. The van der Waals surface area contributed by atoms with Crippen molar-refractivity contribution in [1.82, 2.24) is 4.98 Å². The molecule has 0 spiro atoms. The van der Waals surface area contributed by atoms with Crippen molar-refractivity contribution in [3.8, 4) is 17.2 Å². The monoisotopic (exact) mass is 581 g/mol. The Morgan fingerprint density at radius 3 is 2.25 bits per heavy atom. The summed E-state index contributed by atoms with van der Waals surface area (Å²) in [6, 6.07) is 8.97. The molecule has 13 heteroatoms. The number of thioether (sulfide) groups is 1. The number of non-ortho nitro benzene ring substituents is 1. The summed E-state index contributed by atoms with van der Waals surface area (Å²) in [7, 11) is 2.91. The third-order valence-electron chi connectivity index (χ3n) is 8.90. The van der Waals surface area contributed by atoms with Gasteiger partial charge in [-0.25, -0.2) is 0 Å². The fraction of sp³-hybridized carbons (Fsp3) is 0.370. The van der Waals surface area contributed by atoms with Gasteiger partial charge in [0.05, 0.1) is 41.7 Å². The molecular weight excluding hydrogens is 558 g/mol. The first-order valence-corrected chi connectivity index (χ1v) is 14.4. The molecule has 206 valence electrons. The molecule has 2 aliphatic carbocycles. The van der Waals surface area contributed by atoms with E-state index in [1.54, 1.807) is 23.9 Å². The van der Waals surface area contributed by atoms with Gasteiger partial charge < -0.3 is 19.6 Å². The highest BCUT2D eigenvalue weighted by Crippen LogP contribution is 2.69. The lowest BCUT2D eigenvalue weighted by atomic mass is 9.68. The first kappa shape index (κ1) is 25.1. The van der Waals surface area contributed by atoms with Gasteiger partial charge in [-0.15, -0.1) is 11.8 Å². The molecule has 4 aliphatic rings. The lowest BCUT2D eigenvalue weighted by Gasteiger charge is -2.43. The average Bonchev–Trinajstić information content (AvgIpc) is 3.67. The Morgan fingerprint density at radius 1 is 1.02 bits per heavy atom. The lowest BCUT2D eigenvalue weighted by Crippen LogP contribution is -2.42. The second kappa shape index (κ2) is 8.83. The minimum absolute atomic E-state index is 0.0200. The maximum absolute atomic E-state index is 13.9. The fourth-order valence-electron chi connectivity index (χ4n) is 7.46. The quantitative estimate of drug-likeness (QED) is 0.261. The number of imide groups is 1. The summed E-state index contributed by atoms with van der Waals surface area (Å²) in [4.78, 5) is 55.5. The molecule has 3 fully saturated rings. The van der Waals surface area contributed by atoms with Gasteiger partial charge in [0, 0.05) is 28.2 Å². The molecule has 1 saturated heterocycles. The number of phenols is 1. The number of aromatic hydroxyl groups is 1. The Labute approximate surface area is 235 Å². The Balaban J connectivity index is 1.32. The number of hydrogen-bond acceptors (Lipinski definition) is 10. The highest BCUT2D eigenvalue weighted by Gasteiger charge is 2.69. The summed E-state index contributed by atoms with van der Waals surface area (Å²) in [5, 5.41) is 22.4. The van der Waals surface area contributed by atoms with Crippen molar-refractivity contribution in [3.63, 3.8) is 0 Å². The number of carbonyl (C=O) groups is 2. The number of aromatic amines is 1. The summed E-state index contributed by atoms with van der Waals surface area (Å²) in [6.07, 6.45) is 0.714. The summed E-state index contributed by atoms with van der Waals surface area (Å²) < 4.78 is 10.8. The van der Waals surface area contributed by atoms with Crippen LogP contribution >= 0.6 is 23.1 Å². The third-order valence-corrected chi connectivity index (χ3v) is 11.5. The van der Waals surface area contributed by atoms with Crippen molar-refractivity contribution in [2.45, 2.75) is 22.6 Å². The molecule has 3 heterocycles. The van der Waals surface area contributed by atoms with Crippen LogP contribution in [0.15, 0.2) is 46.2 Å². The number of H-pyrrole nitrogens is 1. The Bertz CT molecular complexity index is 1620. The molecule has 40 heavy (non-hydrogen) atoms. The molecule has 2 bridgehead atoms. The van der Waals surface area contributed by atoms with Crippen LogP contribution in [0.5, 0.6) is 17.2 Å². The highest BCUT2D eigenvalue weighted by atomic mass is 32.2. The normalized spacial score (nSPS) is 29.8. The first-order valence-electron chi connectivity index (χ1n) is 12.7. The highest BCUT2D eigenvalue weighted by molar-refractivity contribution is 8.00. The van der Waals surface area contributed by atoms with Crippen LogP contribution < -0.4 is 19.2 Å². The smallest absolute Gasteiger partial charge is 0.305 e. The van der Waals surface area contributed by atoms with Crippen molar-refractivity contribution < 1.29 is 29.1 Å². The molecule has 1 aromatic heterocycles. The minimum Gasteiger partial charge on any atom is -0.502 e. The van der Waals surface area contributed by atoms with Crippen LogP contribution in [0.2, 0.25) is 0 Å². The summed E-state index contributed by atoms with van der Waals surface area (Å²) in [5.74, 6) is -1.73. The molecule has 0 unspecified atom stereocenters. The number of nitro groups is 1. The number of methoxy groups -OCH3 is 2. The molecule has 2 aromatic carbocycles. The van der Waals surface area contributed by atoms with Gasteiger partial charge in [0.2, 0.25) is 17.6 Å². The van der Waals surface area contributed by atoms with Crippen LogP contribution in [0.25, 0.3) is 0 Å². The number of ether oxygens (including phenoxy) is 2. The van der Waals surface area contributed by atoms with E-state index in [4.69, 9.17) is 9.47 Å². The van der Waals surface area contributed by atoms with E-state index in [2.05, 4.69) is 4.98 Å². The fourth-order valence-corrected chi connectivity index (χ4v) is 10.4. The van der Waals surface area contributed by atoms with Gasteiger partial charge in [0.15, 0.2) is 11.5 Å². The maximum Gasteiger partial charge on any atom is 0.305 e. The Hall–Kier alpha value is -3.84. The number of nitro benzene ring substituents is 1. The van der Waals surface area contributed by atoms with E-state index in [1.165, 1.54) is 43.4 Å². The molecule has 3 aromatic rings. The molecule has 11 nitrogen and oxygen atoms in total. The van der Waals surface area contributed by atoms with E-state index in [-0.39, 0.29) is 68.5 Å². The number of rotatable bonds is 5. The number of benzene rings is 2. The van der Waals surface area contributed by atoms with E-state index in [1.807, 2.05) is 0 Å². The van der Waals surface area contributed by atoms with Crippen molar-refractivity contribution in [3.05, 3.63) is 66.6 Å². The van der Waals surface area contributed by atoms with E-state index >= 15 is 0 Å². The molecule has 7 rings (SSSR count). The number of hydrogen-bond donors (Lipinski definition) is 2. The molecule has 0 radical (unpaired) electrons. The first-order chi connectivity index (χ1) is 19.2. The number of aromatic nitrogens is 1. The molecule has 2 aliphatic heterocycles. The van der Waals surface area contributed by atoms with Crippen LogP contribution in [0.3, 0.4) is 0 Å². The number of fused-ring (bicyclic) bond motifs is 9. The summed E-state index contributed by atoms with van der Waals surface area (Å²) in [6.45, 7) is 0. The van der Waals surface area contributed by atoms with Gasteiger partial charge >= 0.3 is 4.87 Å². The predicted octanol–water partition coefficient (Wildman–Crippen LogP) is 3.75. The van der Waals surface area contributed by atoms with Gasteiger partial charge in [-0.2, -0.15) is 0 Å².